The molecule has 17 nitrogen and oxygen atoms in total. The Bertz CT molecular complexity index is 1610. The van der Waals surface area contributed by atoms with Gasteiger partial charge < -0.3 is 49.4 Å². The highest BCUT2D eigenvalue weighted by Gasteiger charge is 2.39. The van der Waals surface area contributed by atoms with Crippen molar-refractivity contribution < 1.29 is 56.9 Å². The molecule has 1 heterocycles. The van der Waals surface area contributed by atoms with Crippen molar-refractivity contribution in [3.63, 3.8) is 0 Å². The van der Waals surface area contributed by atoms with Gasteiger partial charge in [-0.1, -0.05) is 45.0 Å². The summed E-state index contributed by atoms with van der Waals surface area (Å²) in [4.78, 5) is 78.7. The molecular weight excluding hydrogens is 755 g/mol. The largest absolute Gasteiger partial charge is 0.467 e. The summed E-state index contributed by atoms with van der Waals surface area (Å²) < 4.78 is 31.5. The van der Waals surface area contributed by atoms with Gasteiger partial charge in [0, 0.05) is 31.0 Å². The third-order valence-electron chi connectivity index (χ3n) is 8.04. The third-order valence-corrected chi connectivity index (χ3v) is 13.4. The number of carbonyl (C=O) groups is 6. The van der Waals surface area contributed by atoms with E-state index in [1.807, 2.05) is 33.9 Å². The zero-order valence-electron chi connectivity index (χ0n) is 33.2. The Balaban J connectivity index is 1.96. The molecule has 0 aliphatic carbocycles. The monoisotopic (exact) mass is 809 g/mol. The molecule has 1 aromatic heterocycles. The first-order valence-electron chi connectivity index (χ1n) is 17.6. The summed E-state index contributed by atoms with van der Waals surface area (Å²) in [6.45, 7) is 16.8. The van der Waals surface area contributed by atoms with E-state index in [9.17, 15) is 28.8 Å². The molecule has 4 amide bonds. The minimum Gasteiger partial charge on any atom is -0.467 e. The van der Waals surface area contributed by atoms with Crippen molar-refractivity contribution in [2.45, 2.75) is 90.8 Å². The van der Waals surface area contributed by atoms with E-state index in [-0.39, 0.29) is 50.2 Å². The molecule has 2 aromatic rings. The standard InChI is InChI=1S/C36H55N5O12SSi/c1-23(42)51-20-27(32(45)48-8)40-29(43)26(21-52-55(9,10)36(5,6)7)39-30(44)28-22-54-31(41-28)25-13-11-24(12-14-25)19-38-33(46)50-18-17-49-16-15-37-34(47)53-35(2,3)4/h11-14,22,26-27H,15-21H2,1-10H3,(H,37,47)(H,38,46)(H,39,44)(H,40,43)/t26-,27-/m0/s1. The number of nitrogens with one attached hydrogen (secondary N) is 4. The van der Waals surface area contributed by atoms with E-state index in [1.54, 1.807) is 50.4 Å². The number of hydrogen-bond donors (Lipinski definition) is 4. The number of aromatic nitrogens is 1. The summed E-state index contributed by atoms with van der Waals surface area (Å²) in [5, 5.41) is 12.3. The van der Waals surface area contributed by atoms with E-state index in [0.29, 0.717) is 5.01 Å². The number of ether oxygens (including phenoxy) is 5. The second-order valence-electron chi connectivity index (χ2n) is 14.7. The summed E-state index contributed by atoms with van der Waals surface area (Å²) in [5.74, 6) is -2.86. The lowest BCUT2D eigenvalue weighted by atomic mass is 10.1. The van der Waals surface area contributed by atoms with Crippen molar-refractivity contribution in [1.82, 2.24) is 26.3 Å². The van der Waals surface area contributed by atoms with Gasteiger partial charge in [0.05, 0.1) is 26.9 Å². The van der Waals surface area contributed by atoms with Crippen LogP contribution < -0.4 is 21.3 Å². The summed E-state index contributed by atoms with van der Waals surface area (Å²) in [7, 11) is -1.24. The van der Waals surface area contributed by atoms with Gasteiger partial charge in [-0.25, -0.2) is 19.4 Å². The Hall–Kier alpha value is -4.59. The number of thiazole rings is 1. The summed E-state index contributed by atoms with van der Waals surface area (Å²) in [6.07, 6.45) is -1.16. The van der Waals surface area contributed by atoms with Gasteiger partial charge in [0.1, 0.15) is 35.6 Å². The van der Waals surface area contributed by atoms with E-state index in [4.69, 9.17) is 28.1 Å². The molecule has 55 heavy (non-hydrogen) atoms. The zero-order valence-corrected chi connectivity index (χ0v) is 35.1. The van der Waals surface area contributed by atoms with Gasteiger partial charge in [0.2, 0.25) is 5.91 Å². The molecule has 0 fully saturated rings. The minimum atomic E-state index is -2.38. The second kappa shape index (κ2) is 21.5. The summed E-state index contributed by atoms with van der Waals surface area (Å²) in [5.41, 5.74) is 0.976. The molecule has 0 bridgehead atoms. The molecule has 2 atom stereocenters. The molecule has 4 N–H and O–H groups in total. The maximum atomic E-state index is 13.4. The molecule has 0 saturated carbocycles. The lowest BCUT2D eigenvalue weighted by molar-refractivity contribution is -0.151. The fraction of sp³-hybridized carbons (Fsp3) is 0.583. The average Bonchev–Trinajstić information content (AvgIpc) is 3.59. The highest BCUT2D eigenvalue weighted by Crippen LogP contribution is 2.36. The fourth-order valence-electron chi connectivity index (χ4n) is 4.04. The van der Waals surface area contributed by atoms with Crippen LogP contribution in [0.15, 0.2) is 29.6 Å². The molecule has 0 unspecified atom stereocenters. The van der Waals surface area contributed by atoms with Crippen molar-refractivity contribution >= 4 is 55.6 Å². The molecule has 0 saturated heterocycles. The Morgan fingerprint density at radius 1 is 0.836 bits per heavy atom. The topological polar surface area (TPSA) is 219 Å². The van der Waals surface area contributed by atoms with Crippen LogP contribution in [0.2, 0.25) is 18.1 Å². The smallest absolute Gasteiger partial charge is 0.407 e. The molecule has 0 spiro atoms. The van der Waals surface area contributed by atoms with Gasteiger partial charge in [-0.15, -0.1) is 11.3 Å². The molecule has 2 rings (SSSR count). The third kappa shape index (κ3) is 17.2. The van der Waals surface area contributed by atoms with E-state index in [2.05, 4.69) is 26.3 Å². The van der Waals surface area contributed by atoms with E-state index in [0.717, 1.165) is 18.2 Å². The fourth-order valence-corrected chi connectivity index (χ4v) is 5.87. The quantitative estimate of drug-likeness (QED) is 0.0686. The van der Waals surface area contributed by atoms with Crippen molar-refractivity contribution in [3.05, 3.63) is 40.9 Å². The molecule has 1 aromatic carbocycles. The van der Waals surface area contributed by atoms with Gasteiger partial charge in [-0.2, -0.15) is 0 Å². The van der Waals surface area contributed by atoms with Crippen LogP contribution in [0.1, 0.15) is 64.5 Å². The highest BCUT2D eigenvalue weighted by atomic mass is 32.1. The molecule has 0 aliphatic heterocycles. The van der Waals surface area contributed by atoms with Gasteiger partial charge >= 0.3 is 24.1 Å². The lowest BCUT2D eigenvalue weighted by Crippen LogP contribution is -2.56. The van der Waals surface area contributed by atoms with Gasteiger partial charge in [0.25, 0.3) is 5.91 Å². The number of nitrogens with zero attached hydrogens (tertiary/aromatic N) is 1. The zero-order chi connectivity index (χ0) is 41.4. The molecule has 19 heteroatoms. The van der Waals surface area contributed by atoms with Gasteiger partial charge in [-0.05, 0) is 44.5 Å². The van der Waals surface area contributed by atoms with E-state index >= 15 is 0 Å². The number of esters is 2. The van der Waals surface area contributed by atoms with Gasteiger partial charge in [0.15, 0.2) is 14.4 Å². The van der Waals surface area contributed by atoms with Crippen LogP contribution in [0, 0.1) is 0 Å². The van der Waals surface area contributed by atoms with Crippen molar-refractivity contribution in [3.8, 4) is 10.6 Å². The van der Waals surface area contributed by atoms with Crippen LogP contribution >= 0.6 is 11.3 Å². The summed E-state index contributed by atoms with van der Waals surface area (Å²) >= 11 is 1.22. The molecular formula is C36H55N5O12SSi. The Morgan fingerprint density at radius 2 is 1.51 bits per heavy atom. The number of alkyl carbamates (subject to hydrolysis) is 2. The normalized spacial score (nSPS) is 12.8. The number of benzene rings is 1. The summed E-state index contributed by atoms with van der Waals surface area (Å²) in [6, 6.07) is 4.64. The highest BCUT2D eigenvalue weighted by molar-refractivity contribution is 7.13. The van der Waals surface area contributed by atoms with Crippen LogP contribution in [0.4, 0.5) is 9.59 Å². The van der Waals surface area contributed by atoms with Crippen LogP contribution in [0.5, 0.6) is 0 Å². The first-order valence-corrected chi connectivity index (χ1v) is 21.4. The van der Waals surface area contributed by atoms with E-state index in [1.165, 1.54) is 18.3 Å². The average molecular weight is 810 g/mol. The second-order valence-corrected chi connectivity index (χ2v) is 20.4. The van der Waals surface area contributed by atoms with Crippen LogP contribution in [-0.4, -0.2) is 114 Å². The predicted octanol–water partition coefficient (Wildman–Crippen LogP) is 3.92. The number of carbonyl (C=O) groups excluding carboxylic acids is 6. The van der Waals surface area contributed by atoms with Crippen molar-refractivity contribution in [2.75, 3.05) is 46.7 Å². The maximum Gasteiger partial charge on any atom is 0.407 e. The maximum absolute atomic E-state index is 13.4. The Morgan fingerprint density at radius 3 is 2.11 bits per heavy atom. The van der Waals surface area contributed by atoms with Crippen LogP contribution in [0.3, 0.4) is 0 Å². The number of hydrogen-bond acceptors (Lipinski definition) is 14. The minimum absolute atomic E-state index is 0.0241. The molecule has 0 radical (unpaired) electrons. The van der Waals surface area contributed by atoms with Crippen molar-refractivity contribution in [1.29, 1.82) is 0 Å². The number of rotatable bonds is 19. The number of methoxy groups -OCH3 is 1. The SMILES string of the molecule is COC(=O)[C@H](COC(C)=O)NC(=O)[C@H](CO[Si](C)(C)C(C)(C)C)NC(=O)c1csc(-c2ccc(CNC(=O)OCCOCCNC(=O)OC(C)(C)C)cc2)n1. The van der Waals surface area contributed by atoms with Crippen LogP contribution in [-0.2, 0) is 49.0 Å². The first kappa shape index (κ1) is 46.6. The Kier molecular flexibility index (Phi) is 18.2. The predicted molar refractivity (Wildman–Crippen MR) is 206 cm³/mol. The lowest BCUT2D eigenvalue weighted by Gasteiger charge is -2.37. The van der Waals surface area contributed by atoms with Crippen molar-refractivity contribution in [2.24, 2.45) is 0 Å². The first-order chi connectivity index (χ1) is 25.6. The molecule has 306 valence electrons. The Labute approximate surface area is 327 Å². The molecule has 0 aliphatic rings. The van der Waals surface area contributed by atoms with Crippen LogP contribution in [0.25, 0.3) is 10.6 Å². The number of amides is 4. The van der Waals surface area contributed by atoms with Gasteiger partial charge in [-0.3, -0.25) is 14.4 Å². The van der Waals surface area contributed by atoms with E-state index < -0.39 is 68.5 Å².